The van der Waals surface area contributed by atoms with Crippen LogP contribution in [0.4, 0.5) is 4.39 Å². The quantitative estimate of drug-likeness (QED) is 0.755. The molecule has 4 saturated carbocycles. The Kier molecular flexibility index (Phi) is 4.72. The molecule has 0 radical (unpaired) electrons. The van der Waals surface area contributed by atoms with Crippen molar-refractivity contribution in [3.05, 3.63) is 12.4 Å². The highest BCUT2D eigenvalue weighted by Crippen LogP contribution is 2.60. The fourth-order valence-corrected chi connectivity index (χ4v) is 6.23. The fraction of sp³-hybridized carbons (Fsp3) is 0.750. The van der Waals surface area contributed by atoms with E-state index in [0.717, 1.165) is 37.0 Å². The third-order valence-electron chi connectivity index (χ3n) is 7.06. The average Bonchev–Trinajstić information content (AvgIpc) is 2.64. The number of hydrogen-bond donors (Lipinski definition) is 1. The number of amides is 3. The van der Waals surface area contributed by atoms with Gasteiger partial charge in [-0.25, -0.2) is 4.39 Å². The van der Waals surface area contributed by atoms with Gasteiger partial charge in [0.1, 0.15) is 0 Å². The van der Waals surface area contributed by atoms with Crippen LogP contribution in [0.5, 0.6) is 0 Å². The lowest BCUT2D eigenvalue weighted by Crippen LogP contribution is -2.59. The first kappa shape index (κ1) is 18.4. The van der Waals surface area contributed by atoms with Crippen LogP contribution in [0, 0.1) is 23.2 Å². The lowest BCUT2D eigenvalue weighted by molar-refractivity contribution is -0.160. The molecule has 148 valence electrons. The molecule has 0 aromatic carbocycles. The minimum absolute atomic E-state index is 0.142. The van der Waals surface area contributed by atoms with Crippen molar-refractivity contribution in [3.63, 3.8) is 0 Å². The average molecular weight is 377 g/mol. The number of nitrogens with one attached hydrogen (secondary N) is 1. The van der Waals surface area contributed by atoms with E-state index in [2.05, 4.69) is 11.9 Å². The molecule has 3 amide bonds. The molecular weight excluding hydrogens is 349 g/mol. The smallest absolute Gasteiger partial charge is 0.279 e. The molecule has 4 aliphatic carbocycles. The van der Waals surface area contributed by atoms with Crippen LogP contribution in [0.2, 0.25) is 0 Å². The van der Waals surface area contributed by atoms with E-state index in [1.54, 1.807) is 4.90 Å². The maximum absolute atomic E-state index is 13.3. The van der Waals surface area contributed by atoms with Crippen LogP contribution >= 0.6 is 0 Å². The molecule has 1 saturated heterocycles. The minimum Gasteiger partial charge on any atom is -0.341 e. The molecule has 5 rings (SSSR count). The molecule has 1 heterocycles. The van der Waals surface area contributed by atoms with Crippen LogP contribution in [0.25, 0.3) is 0 Å². The summed E-state index contributed by atoms with van der Waals surface area (Å²) < 4.78 is 12.7. The summed E-state index contributed by atoms with van der Waals surface area (Å²) in [5, 5.41) is 2.22. The summed E-state index contributed by atoms with van der Waals surface area (Å²) in [7, 11) is 0. The molecule has 5 fully saturated rings. The van der Waals surface area contributed by atoms with Gasteiger partial charge >= 0.3 is 0 Å². The van der Waals surface area contributed by atoms with Crippen LogP contribution in [-0.2, 0) is 14.4 Å². The maximum Gasteiger partial charge on any atom is 0.279 e. The second-order valence-electron chi connectivity index (χ2n) is 8.96. The Morgan fingerprint density at radius 1 is 0.926 bits per heavy atom. The van der Waals surface area contributed by atoms with Crippen LogP contribution < -0.4 is 5.32 Å². The Morgan fingerprint density at radius 3 is 1.89 bits per heavy atom. The summed E-state index contributed by atoms with van der Waals surface area (Å²) in [4.78, 5) is 40.3. The third-order valence-corrected chi connectivity index (χ3v) is 7.06. The molecule has 4 bridgehead atoms. The van der Waals surface area contributed by atoms with Crippen LogP contribution in [0.1, 0.15) is 38.5 Å². The zero-order chi connectivity index (χ0) is 19.2. The number of hydrogen-bond acceptors (Lipinski definition) is 3. The molecule has 0 unspecified atom stereocenters. The van der Waals surface area contributed by atoms with E-state index in [9.17, 15) is 18.8 Å². The van der Waals surface area contributed by atoms with E-state index in [1.807, 2.05) is 4.90 Å². The predicted octanol–water partition coefficient (Wildman–Crippen LogP) is 1.47. The van der Waals surface area contributed by atoms with E-state index in [0.29, 0.717) is 32.1 Å². The first-order chi connectivity index (χ1) is 12.9. The predicted molar refractivity (Wildman–Crippen MR) is 97.0 cm³/mol. The van der Waals surface area contributed by atoms with E-state index >= 15 is 0 Å². The van der Waals surface area contributed by atoms with Gasteiger partial charge in [0.05, 0.1) is 12.0 Å². The van der Waals surface area contributed by atoms with E-state index < -0.39 is 11.7 Å². The van der Waals surface area contributed by atoms with Crippen molar-refractivity contribution in [2.45, 2.75) is 38.5 Å². The molecule has 0 aromatic heterocycles. The topological polar surface area (TPSA) is 69.7 Å². The van der Waals surface area contributed by atoms with E-state index in [1.165, 1.54) is 19.3 Å². The first-order valence-electron chi connectivity index (χ1n) is 10.1. The normalized spacial score (nSPS) is 34.5. The monoisotopic (exact) mass is 377 g/mol. The van der Waals surface area contributed by atoms with Crippen LogP contribution in [-0.4, -0.2) is 60.2 Å². The molecule has 0 spiro atoms. The van der Waals surface area contributed by atoms with Gasteiger partial charge in [0.15, 0.2) is 5.83 Å². The van der Waals surface area contributed by atoms with Gasteiger partial charge in [-0.2, -0.15) is 0 Å². The number of nitrogens with zero attached hydrogens (tertiary/aromatic N) is 2. The standard InChI is InChI=1S/C20H28FN3O3/c1-13(21)18(26)22-12-17(25)23-2-4-24(5-3-23)19(27)20-9-14-6-15(10-20)8-16(7-14)11-20/h14-16H,1-12H2,(H,22,26). The zero-order valence-corrected chi connectivity index (χ0v) is 15.7. The maximum atomic E-state index is 13.3. The fourth-order valence-electron chi connectivity index (χ4n) is 6.23. The van der Waals surface area contributed by atoms with Gasteiger partial charge in [-0.1, -0.05) is 6.58 Å². The molecule has 7 heteroatoms. The van der Waals surface area contributed by atoms with Gasteiger partial charge in [-0.15, -0.1) is 0 Å². The summed E-state index contributed by atoms with van der Waals surface area (Å²) in [6, 6.07) is 0. The minimum atomic E-state index is -1.10. The highest BCUT2D eigenvalue weighted by Gasteiger charge is 2.55. The molecule has 5 aliphatic rings. The van der Waals surface area contributed by atoms with E-state index in [4.69, 9.17) is 0 Å². The first-order valence-corrected chi connectivity index (χ1v) is 10.1. The lowest BCUT2D eigenvalue weighted by Gasteiger charge is -2.57. The van der Waals surface area contributed by atoms with Crippen molar-refractivity contribution in [2.75, 3.05) is 32.7 Å². The number of carbonyl (C=O) groups excluding carboxylic acids is 3. The van der Waals surface area contributed by atoms with E-state index in [-0.39, 0.29) is 17.9 Å². The molecule has 0 atom stereocenters. The Bertz CT molecular complexity index is 634. The zero-order valence-electron chi connectivity index (χ0n) is 15.7. The second-order valence-corrected chi connectivity index (χ2v) is 8.96. The number of halogens is 1. The van der Waals surface area contributed by atoms with Crippen molar-refractivity contribution in [3.8, 4) is 0 Å². The van der Waals surface area contributed by atoms with Gasteiger partial charge < -0.3 is 15.1 Å². The number of carbonyl (C=O) groups is 3. The van der Waals surface area contributed by atoms with Crippen LogP contribution in [0.15, 0.2) is 12.4 Å². The summed E-state index contributed by atoms with van der Waals surface area (Å²) >= 11 is 0. The summed E-state index contributed by atoms with van der Waals surface area (Å²) in [5.41, 5.74) is -0.142. The highest BCUT2D eigenvalue weighted by molar-refractivity contribution is 5.93. The SMILES string of the molecule is C=C(F)C(=O)NCC(=O)N1CCN(C(=O)C23CC4CC(CC(C4)C2)C3)CC1. The summed E-state index contributed by atoms with van der Waals surface area (Å²) in [6.07, 6.45) is 7.09. The van der Waals surface area contributed by atoms with Crippen LogP contribution in [0.3, 0.4) is 0 Å². The molecule has 1 aliphatic heterocycles. The largest absolute Gasteiger partial charge is 0.341 e. The highest BCUT2D eigenvalue weighted by atomic mass is 19.1. The summed E-state index contributed by atoms with van der Waals surface area (Å²) in [5.74, 6) is 0.181. The van der Waals surface area contributed by atoms with Gasteiger partial charge in [-0.05, 0) is 56.3 Å². The van der Waals surface area contributed by atoms with Crippen molar-refractivity contribution in [1.82, 2.24) is 15.1 Å². The molecule has 27 heavy (non-hydrogen) atoms. The molecular formula is C20H28FN3O3. The van der Waals surface area contributed by atoms with Gasteiger partial charge in [-0.3, -0.25) is 14.4 Å². The molecule has 1 N–H and O–H groups in total. The Labute approximate surface area is 159 Å². The Balaban J connectivity index is 1.30. The van der Waals surface area contributed by atoms with Gasteiger partial charge in [0, 0.05) is 26.2 Å². The Hall–Kier alpha value is -1.92. The van der Waals surface area contributed by atoms with Crippen molar-refractivity contribution in [1.29, 1.82) is 0 Å². The second kappa shape index (κ2) is 6.91. The molecule has 6 nitrogen and oxygen atoms in total. The molecule has 0 aromatic rings. The number of piperazine rings is 1. The Morgan fingerprint density at radius 2 is 1.41 bits per heavy atom. The summed E-state index contributed by atoms with van der Waals surface area (Å²) in [6.45, 7) is 4.66. The van der Waals surface area contributed by atoms with Crippen molar-refractivity contribution >= 4 is 17.7 Å². The van der Waals surface area contributed by atoms with Crippen molar-refractivity contribution in [2.24, 2.45) is 23.2 Å². The van der Waals surface area contributed by atoms with Gasteiger partial charge in [0.25, 0.3) is 5.91 Å². The number of rotatable bonds is 4. The lowest BCUT2D eigenvalue weighted by atomic mass is 9.49. The third kappa shape index (κ3) is 3.48. The van der Waals surface area contributed by atoms with Crippen molar-refractivity contribution < 1.29 is 18.8 Å². The van der Waals surface area contributed by atoms with Gasteiger partial charge in [0.2, 0.25) is 11.8 Å².